The molecule has 0 spiro atoms. The summed E-state index contributed by atoms with van der Waals surface area (Å²) in [6, 6.07) is 11.3. The molecule has 0 saturated heterocycles. The van der Waals surface area contributed by atoms with Crippen molar-refractivity contribution in [3.05, 3.63) is 60.3 Å². The van der Waals surface area contributed by atoms with E-state index < -0.39 is 0 Å². The molecule has 0 saturated carbocycles. The van der Waals surface area contributed by atoms with E-state index in [2.05, 4.69) is 16.2 Å². The topological polar surface area (TPSA) is 31.6 Å². The second-order valence-electron chi connectivity index (χ2n) is 4.70. The van der Waals surface area contributed by atoms with Crippen molar-refractivity contribution < 1.29 is 8.78 Å². The Morgan fingerprint density at radius 3 is 2.80 bits per heavy atom. The summed E-state index contributed by atoms with van der Waals surface area (Å²) in [5.74, 6) is -0.605. The Hall–Kier alpha value is -2.62. The van der Waals surface area contributed by atoms with Crippen LogP contribution >= 0.6 is 0 Å². The Morgan fingerprint density at radius 2 is 1.90 bits per heavy atom. The molecule has 1 radical (unpaired) electrons. The summed E-state index contributed by atoms with van der Waals surface area (Å²) in [6.45, 7) is 0. The lowest BCUT2D eigenvalue weighted by Crippen LogP contribution is -1.77. The number of halogens is 2. The van der Waals surface area contributed by atoms with Crippen molar-refractivity contribution in [3.63, 3.8) is 0 Å². The molecule has 0 unspecified atom stereocenters. The first kappa shape index (κ1) is 11.2. The molecule has 0 aliphatic heterocycles. The maximum Gasteiger partial charge on any atom is 0.147 e. The molecule has 2 aromatic heterocycles. The van der Waals surface area contributed by atoms with E-state index in [0.29, 0.717) is 11.0 Å². The van der Waals surface area contributed by atoms with Crippen LogP contribution < -0.4 is 0 Å². The fourth-order valence-electron chi connectivity index (χ4n) is 2.50. The first-order valence-electron chi connectivity index (χ1n) is 6.19. The number of para-hydroxylation sites is 1. The van der Waals surface area contributed by atoms with Gasteiger partial charge in [-0.3, -0.25) is 0 Å². The zero-order chi connectivity index (χ0) is 13.7. The average Bonchev–Trinajstić information content (AvgIpc) is 3.01. The standard InChI is InChI=1S/C16H9F2N2/c17-10-5-4-9-6-15(20-14(9)7-10)12-8-19-16-11(12)2-1-3-13(16)18/h1-7,19-20H. The molecule has 4 heteroatoms. The molecule has 20 heavy (non-hydrogen) atoms. The smallest absolute Gasteiger partial charge is 0.147 e. The van der Waals surface area contributed by atoms with E-state index in [4.69, 9.17) is 0 Å². The van der Waals surface area contributed by atoms with Gasteiger partial charge in [0.1, 0.15) is 11.6 Å². The number of hydrogen-bond acceptors (Lipinski definition) is 0. The van der Waals surface area contributed by atoms with Crippen molar-refractivity contribution in [3.8, 4) is 11.3 Å². The normalized spacial score (nSPS) is 11.5. The zero-order valence-corrected chi connectivity index (χ0v) is 10.3. The summed E-state index contributed by atoms with van der Waals surface area (Å²) in [6.07, 6.45) is 2.96. The van der Waals surface area contributed by atoms with Crippen LogP contribution in [0.1, 0.15) is 0 Å². The number of nitrogens with one attached hydrogen (secondary N) is 2. The molecule has 4 rings (SSSR count). The van der Waals surface area contributed by atoms with Gasteiger partial charge in [-0.1, -0.05) is 12.1 Å². The summed E-state index contributed by atoms with van der Waals surface area (Å²) in [7, 11) is 0. The first-order chi connectivity index (χ1) is 9.72. The first-order valence-corrected chi connectivity index (χ1v) is 6.19. The van der Waals surface area contributed by atoms with Crippen LogP contribution in [0.3, 0.4) is 0 Å². The Bertz CT molecular complexity index is 934. The second-order valence-corrected chi connectivity index (χ2v) is 4.70. The third-order valence-electron chi connectivity index (χ3n) is 3.45. The number of rotatable bonds is 1. The molecule has 4 aromatic rings. The monoisotopic (exact) mass is 267 g/mol. The number of benzene rings is 2. The SMILES string of the molecule is Fc1ccc2cc(-c3[c][nH]c4c(F)cccc34)[nH]c2c1. The molecule has 2 N–H and O–H groups in total. The molecule has 2 nitrogen and oxygen atoms in total. The number of aromatic nitrogens is 2. The van der Waals surface area contributed by atoms with Crippen LogP contribution in [0.4, 0.5) is 8.78 Å². The third-order valence-corrected chi connectivity index (χ3v) is 3.45. The minimum absolute atomic E-state index is 0.292. The van der Waals surface area contributed by atoms with E-state index >= 15 is 0 Å². The Labute approximate surface area is 113 Å². The predicted octanol–water partition coefficient (Wildman–Crippen LogP) is 4.39. The van der Waals surface area contributed by atoms with Crippen LogP contribution in [0.25, 0.3) is 33.1 Å². The lowest BCUT2D eigenvalue weighted by Gasteiger charge is -1.95. The van der Waals surface area contributed by atoms with Gasteiger partial charge in [0.25, 0.3) is 0 Å². The lowest BCUT2D eigenvalue weighted by atomic mass is 10.1. The Kier molecular flexibility index (Phi) is 2.21. The summed E-state index contributed by atoms with van der Waals surface area (Å²) in [5, 5.41) is 1.65. The highest BCUT2D eigenvalue weighted by Crippen LogP contribution is 2.31. The van der Waals surface area contributed by atoms with Gasteiger partial charge in [-0.05, 0) is 30.3 Å². The minimum Gasteiger partial charge on any atom is -0.354 e. The highest BCUT2D eigenvalue weighted by Gasteiger charge is 2.11. The van der Waals surface area contributed by atoms with Gasteiger partial charge in [-0.2, -0.15) is 0 Å². The van der Waals surface area contributed by atoms with E-state index in [-0.39, 0.29) is 11.6 Å². The van der Waals surface area contributed by atoms with Crippen LogP contribution in [0.2, 0.25) is 0 Å². The van der Waals surface area contributed by atoms with Crippen LogP contribution in [-0.4, -0.2) is 9.97 Å². The second kappa shape index (κ2) is 3.93. The van der Waals surface area contributed by atoms with E-state index in [9.17, 15) is 8.78 Å². The minimum atomic E-state index is -0.313. The number of hydrogen-bond donors (Lipinski definition) is 2. The van der Waals surface area contributed by atoms with Crippen LogP contribution in [0.15, 0.2) is 42.5 Å². The molecule has 0 amide bonds. The molecule has 0 bridgehead atoms. The molecule has 0 aliphatic rings. The summed E-state index contributed by atoms with van der Waals surface area (Å²) in [5.41, 5.74) is 2.66. The predicted molar refractivity (Wildman–Crippen MR) is 74.3 cm³/mol. The fourth-order valence-corrected chi connectivity index (χ4v) is 2.50. The van der Waals surface area contributed by atoms with E-state index in [1.54, 1.807) is 12.1 Å². The van der Waals surface area contributed by atoms with Crippen molar-refractivity contribution in [1.82, 2.24) is 9.97 Å². The average molecular weight is 267 g/mol. The highest BCUT2D eigenvalue weighted by molar-refractivity contribution is 5.97. The molecule has 0 aliphatic carbocycles. The van der Waals surface area contributed by atoms with Crippen molar-refractivity contribution >= 4 is 21.8 Å². The number of fused-ring (bicyclic) bond motifs is 2. The van der Waals surface area contributed by atoms with Gasteiger partial charge < -0.3 is 9.97 Å². The van der Waals surface area contributed by atoms with Crippen LogP contribution in [-0.2, 0) is 0 Å². The molecule has 97 valence electrons. The van der Waals surface area contributed by atoms with Gasteiger partial charge in [0, 0.05) is 27.5 Å². The molecule has 0 atom stereocenters. The maximum atomic E-state index is 13.7. The third kappa shape index (κ3) is 1.54. The number of aromatic amines is 2. The van der Waals surface area contributed by atoms with Gasteiger partial charge in [0.2, 0.25) is 0 Å². The Morgan fingerprint density at radius 1 is 1.00 bits per heavy atom. The quantitative estimate of drug-likeness (QED) is 0.512. The maximum absolute atomic E-state index is 13.7. The summed E-state index contributed by atoms with van der Waals surface area (Å²) >= 11 is 0. The summed E-state index contributed by atoms with van der Waals surface area (Å²) < 4.78 is 26.9. The van der Waals surface area contributed by atoms with E-state index in [1.165, 1.54) is 18.2 Å². The van der Waals surface area contributed by atoms with Crippen molar-refractivity contribution in [2.45, 2.75) is 0 Å². The fraction of sp³-hybridized carbons (Fsp3) is 0. The van der Waals surface area contributed by atoms with E-state index in [0.717, 1.165) is 22.0 Å². The lowest BCUT2D eigenvalue weighted by molar-refractivity contribution is 0.629. The van der Waals surface area contributed by atoms with Crippen molar-refractivity contribution in [1.29, 1.82) is 0 Å². The Balaban J connectivity index is 1.99. The van der Waals surface area contributed by atoms with E-state index in [1.807, 2.05) is 12.1 Å². The van der Waals surface area contributed by atoms with Crippen LogP contribution in [0.5, 0.6) is 0 Å². The summed E-state index contributed by atoms with van der Waals surface area (Å²) in [4.78, 5) is 5.95. The van der Waals surface area contributed by atoms with Gasteiger partial charge in [-0.15, -0.1) is 0 Å². The molecular formula is C16H9F2N2. The van der Waals surface area contributed by atoms with Gasteiger partial charge in [-0.25, -0.2) is 8.78 Å². The van der Waals surface area contributed by atoms with Crippen LogP contribution in [0, 0.1) is 17.8 Å². The molecule has 2 heterocycles. The molecule has 0 fully saturated rings. The largest absolute Gasteiger partial charge is 0.354 e. The molecular weight excluding hydrogens is 258 g/mol. The van der Waals surface area contributed by atoms with Gasteiger partial charge in [0.05, 0.1) is 11.7 Å². The highest BCUT2D eigenvalue weighted by atomic mass is 19.1. The van der Waals surface area contributed by atoms with Crippen molar-refractivity contribution in [2.75, 3.05) is 0 Å². The molecule has 2 aromatic carbocycles. The van der Waals surface area contributed by atoms with Gasteiger partial charge in [0.15, 0.2) is 0 Å². The zero-order valence-electron chi connectivity index (χ0n) is 10.3. The van der Waals surface area contributed by atoms with Gasteiger partial charge >= 0.3 is 0 Å². The number of H-pyrrole nitrogens is 2. The van der Waals surface area contributed by atoms with Crippen molar-refractivity contribution in [2.24, 2.45) is 0 Å².